The number of aromatic nitrogens is 1. The lowest BCUT2D eigenvalue weighted by atomic mass is 9.82. The van der Waals surface area contributed by atoms with Crippen LogP contribution in [0.5, 0.6) is 23.1 Å². The van der Waals surface area contributed by atoms with Gasteiger partial charge in [0, 0.05) is 48.4 Å². The zero-order valence-corrected chi connectivity index (χ0v) is 36.3. The molecule has 3 heterocycles. The lowest BCUT2D eigenvalue weighted by Crippen LogP contribution is -2.37. The highest BCUT2D eigenvalue weighted by molar-refractivity contribution is 6.11. The highest BCUT2D eigenvalue weighted by Gasteiger charge is 2.42. The summed E-state index contributed by atoms with van der Waals surface area (Å²) in [6.07, 6.45) is 5.35. The lowest BCUT2D eigenvalue weighted by molar-refractivity contribution is -0.124. The van der Waals surface area contributed by atoms with Crippen molar-refractivity contribution in [3.8, 4) is 35.0 Å². The van der Waals surface area contributed by atoms with E-state index in [4.69, 9.17) is 19.9 Å². The van der Waals surface area contributed by atoms with Crippen LogP contribution in [-0.2, 0) is 22.6 Å². The second kappa shape index (κ2) is 20.6. The number of rotatable bonds is 16. The Morgan fingerprint density at radius 3 is 2.58 bits per heavy atom. The molecule has 2 aliphatic heterocycles. The molecule has 336 valence electrons. The van der Waals surface area contributed by atoms with Gasteiger partial charge in [-0.1, -0.05) is 43.0 Å². The fraction of sp³-hybridized carbons (Fsp3) is 0.417. The Kier molecular flexibility index (Phi) is 14.6. The van der Waals surface area contributed by atoms with Crippen molar-refractivity contribution in [2.24, 2.45) is 23.5 Å². The third kappa shape index (κ3) is 10.9. The van der Waals surface area contributed by atoms with Crippen LogP contribution in [0.25, 0.3) is 10.8 Å². The van der Waals surface area contributed by atoms with Gasteiger partial charge in [0.15, 0.2) is 6.17 Å². The summed E-state index contributed by atoms with van der Waals surface area (Å²) in [5.74, 6) is 6.21. The van der Waals surface area contributed by atoms with Crippen molar-refractivity contribution >= 4 is 40.4 Å². The number of methoxy groups -OCH3 is 1. The fourth-order valence-corrected chi connectivity index (χ4v) is 8.73. The Balaban J connectivity index is 0.849. The van der Waals surface area contributed by atoms with Gasteiger partial charge in [-0.25, -0.2) is 14.2 Å². The molecule has 0 bridgehead atoms. The van der Waals surface area contributed by atoms with Crippen molar-refractivity contribution in [2.45, 2.75) is 70.6 Å². The van der Waals surface area contributed by atoms with E-state index in [1.54, 1.807) is 48.7 Å². The van der Waals surface area contributed by atoms with Crippen molar-refractivity contribution in [3.63, 3.8) is 0 Å². The van der Waals surface area contributed by atoms with Gasteiger partial charge in [0.05, 0.1) is 36.3 Å². The van der Waals surface area contributed by atoms with Gasteiger partial charge in [0.2, 0.25) is 11.8 Å². The zero-order valence-electron chi connectivity index (χ0n) is 36.3. The number of carbonyl (C=O) groups excluding carboxylic acids is 5. The number of nitrogens with two attached hydrogens (primary N) is 1. The number of halogens is 1. The molecule has 1 aliphatic carbocycles. The number of benzene rings is 3. The van der Waals surface area contributed by atoms with Gasteiger partial charge in [0.25, 0.3) is 17.7 Å². The predicted octanol–water partition coefficient (Wildman–Crippen LogP) is 5.17. The summed E-state index contributed by atoms with van der Waals surface area (Å²) in [7, 11) is 3.54. The van der Waals surface area contributed by atoms with Gasteiger partial charge < -0.3 is 40.8 Å². The van der Waals surface area contributed by atoms with Crippen LogP contribution in [0.15, 0.2) is 60.8 Å². The van der Waals surface area contributed by atoms with E-state index in [0.29, 0.717) is 57.8 Å². The molecule has 16 heteroatoms. The normalized spacial score (nSPS) is 20.4. The number of imide groups is 1. The van der Waals surface area contributed by atoms with E-state index in [9.17, 15) is 28.4 Å². The van der Waals surface area contributed by atoms with Crippen LogP contribution < -0.4 is 41.2 Å². The third-order valence-corrected chi connectivity index (χ3v) is 12.1. The minimum atomic E-state index is -1.59. The number of pyridine rings is 1. The maximum Gasteiger partial charge on any atom is 0.315 e. The number of nitrogens with one attached hydrogen (secondary N) is 4. The van der Waals surface area contributed by atoms with Gasteiger partial charge in [-0.05, 0) is 99.5 Å². The molecule has 15 nitrogen and oxygen atoms in total. The largest absolute Gasteiger partial charge is 0.496 e. The number of alkyl halides is 1. The summed E-state index contributed by atoms with van der Waals surface area (Å²) in [4.78, 5) is 68.1. The molecule has 0 radical (unpaired) electrons. The van der Waals surface area contributed by atoms with E-state index in [2.05, 4.69) is 50.0 Å². The van der Waals surface area contributed by atoms with E-state index >= 15 is 0 Å². The number of carbonyl (C=O) groups is 5. The summed E-state index contributed by atoms with van der Waals surface area (Å²) in [6, 6.07) is 14.9. The van der Waals surface area contributed by atoms with Crippen LogP contribution in [0.1, 0.15) is 82.9 Å². The molecule has 6 N–H and O–H groups in total. The first-order valence-electron chi connectivity index (χ1n) is 21.7. The van der Waals surface area contributed by atoms with Crippen molar-refractivity contribution in [2.75, 3.05) is 40.4 Å². The van der Waals surface area contributed by atoms with E-state index in [-0.39, 0.29) is 54.6 Å². The Hall–Kier alpha value is -6.73. The first kappa shape index (κ1) is 45.3. The predicted molar refractivity (Wildman–Crippen MR) is 237 cm³/mol. The molecule has 6 amide bonds. The summed E-state index contributed by atoms with van der Waals surface area (Å²) < 4.78 is 32.0. The van der Waals surface area contributed by atoms with Gasteiger partial charge in [-0.15, -0.1) is 0 Å². The molecule has 3 aliphatic rings. The van der Waals surface area contributed by atoms with Gasteiger partial charge in [0.1, 0.15) is 23.9 Å². The molecule has 1 saturated heterocycles. The Morgan fingerprint density at radius 1 is 1.02 bits per heavy atom. The molecule has 7 rings (SSSR count). The molecule has 64 heavy (non-hydrogen) atoms. The maximum atomic E-state index is 14.4. The third-order valence-electron chi connectivity index (χ3n) is 12.1. The molecule has 1 aromatic heterocycles. The number of hydrogen-bond donors (Lipinski definition) is 5. The molecule has 3 aromatic carbocycles. The average molecular weight is 876 g/mol. The minimum Gasteiger partial charge on any atom is -0.496 e. The number of hydrogen-bond acceptors (Lipinski definition) is 10. The van der Waals surface area contributed by atoms with E-state index < -0.39 is 35.9 Å². The highest BCUT2D eigenvalue weighted by Crippen LogP contribution is 2.35. The zero-order chi connectivity index (χ0) is 45.3. The summed E-state index contributed by atoms with van der Waals surface area (Å²) >= 11 is 0. The number of amides is 6. The molecule has 0 unspecified atom stereocenters. The Labute approximate surface area is 371 Å². The number of nitrogens with zero attached hydrogens (tertiary/aromatic N) is 2. The van der Waals surface area contributed by atoms with E-state index in [1.165, 1.54) is 7.11 Å². The SMILES string of the molecule is CC[C@@H]1[C@H](F)C(=O)N[C@@H]1COc1ncc(C#CC2CCC(CN(C)CCCNC(=O)NCc3cccc(Oc4cccc5c4C(=O)NC(=O)C5)c3)CC2)c2cc(C(N)=O)c(OC)cc12. The second-order valence-electron chi connectivity index (χ2n) is 16.6. The monoisotopic (exact) mass is 875 g/mol. The Bertz CT molecular complexity index is 2480. The van der Waals surface area contributed by atoms with Crippen LogP contribution >= 0.6 is 0 Å². The Morgan fingerprint density at radius 2 is 1.81 bits per heavy atom. The topological polar surface area (TPSA) is 203 Å². The van der Waals surface area contributed by atoms with Crippen LogP contribution in [0.4, 0.5) is 9.18 Å². The van der Waals surface area contributed by atoms with Crippen molar-refractivity contribution < 1.29 is 42.6 Å². The van der Waals surface area contributed by atoms with Crippen LogP contribution in [0.2, 0.25) is 0 Å². The van der Waals surface area contributed by atoms with Crippen molar-refractivity contribution in [3.05, 3.63) is 88.6 Å². The quantitative estimate of drug-likeness (QED) is 0.0568. The molecule has 2 fully saturated rings. The molecule has 4 aromatic rings. The van der Waals surface area contributed by atoms with Crippen LogP contribution in [0, 0.1) is 29.6 Å². The molecular weight excluding hydrogens is 822 g/mol. The number of ether oxygens (including phenoxy) is 3. The van der Waals surface area contributed by atoms with E-state index in [0.717, 1.165) is 50.8 Å². The first-order chi connectivity index (χ1) is 30.9. The van der Waals surface area contributed by atoms with Crippen LogP contribution in [-0.4, -0.2) is 92.2 Å². The molecule has 1 saturated carbocycles. The molecule has 3 atom stereocenters. The highest BCUT2D eigenvalue weighted by atomic mass is 19.1. The lowest BCUT2D eigenvalue weighted by Gasteiger charge is -2.29. The van der Waals surface area contributed by atoms with Crippen molar-refractivity contribution in [1.29, 1.82) is 0 Å². The minimum absolute atomic E-state index is 0.0219. The van der Waals surface area contributed by atoms with Crippen molar-refractivity contribution in [1.82, 2.24) is 31.2 Å². The van der Waals surface area contributed by atoms with Gasteiger partial charge in [-0.3, -0.25) is 24.5 Å². The first-order valence-corrected chi connectivity index (χ1v) is 21.7. The summed E-state index contributed by atoms with van der Waals surface area (Å²) in [5, 5.41) is 12.0. The molecular formula is C48H54FN7O8. The fourth-order valence-electron chi connectivity index (χ4n) is 8.73. The number of primary amides is 1. The molecule has 0 spiro atoms. The van der Waals surface area contributed by atoms with Crippen LogP contribution in [0.3, 0.4) is 0 Å². The average Bonchev–Trinajstić information content (AvgIpc) is 3.56. The number of urea groups is 1. The smallest absolute Gasteiger partial charge is 0.315 e. The second-order valence-corrected chi connectivity index (χ2v) is 16.6. The maximum absolute atomic E-state index is 14.4. The summed E-state index contributed by atoms with van der Waals surface area (Å²) in [6.45, 7) is 4.43. The number of fused-ring (bicyclic) bond motifs is 2. The van der Waals surface area contributed by atoms with E-state index in [1.807, 2.05) is 19.1 Å². The van der Waals surface area contributed by atoms with Gasteiger partial charge in [-0.2, -0.15) is 0 Å². The summed E-state index contributed by atoms with van der Waals surface area (Å²) in [5.41, 5.74) is 8.29. The standard InChI is InChI=1S/C48H54FN7O8/c1-4-34-38(54-46(60)43(34)49)27-63-47-36-23-40(62-3)37(44(50)58)22-35(36)32(25-52-47)17-16-28-12-14-29(15-13-28)26-56(2)19-7-18-51-48(61)53-24-30-8-5-10-33(20-30)64-39-11-6-9-31-21-41(57)55-45(59)42(31)39/h5-6,8-11,20,22-23,25,28-29,34,38,43H,4,7,12-15,18-19,21,24,26-27H2,1-3H3,(H2,50,58)(H,54,60)(H2,51,53,61)(H,55,57,59)/t28?,29?,34-,38+,43-/m0/s1. The van der Waals surface area contributed by atoms with Gasteiger partial charge >= 0.3 is 6.03 Å².